The molecule has 2 amide bonds. The second-order valence-electron chi connectivity index (χ2n) is 4.59. The molecule has 0 atom stereocenters. The number of carbonyl (C=O) groups is 1. The fourth-order valence-corrected chi connectivity index (χ4v) is 2.38. The minimum atomic E-state index is -0.178. The highest BCUT2D eigenvalue weighted by atomic mass is 32.2. The molecule has 1 aromatic carbocycles. The van der Waals surface area contributed by atoms with Gasteiger partial charge in [0.1, 0.15) is 0 Å². The zero-order valence-electron chi connectivity index (χ0n) is 11.3. The molecule has 5 nitrogen and oxygen atoms in total. The van der Waals surface area contributed by atoms with Crippen LogP contribution in [0.5, 0.6) is 0 Å². The molecule has 1 aliphatic rings. The summed E-state index contributed by atoms with van der Waals surface area (Å²) in [5.41, 5.74) is 3.69. The maximum Gasteiger partial charge on any atom is 0.333 e. The van der Waals surface area contributed by atoms with Crippen LogP contribution in [0.3, 0.4) is 0 Å². The number of piperazine rings is 1. The van der Waals surface area contributed by atoms with Crippen LogP contribution in [-0.4, -0.2) is 55.4 Å². The normalized spacial score (nSPS) is 17.2. The third kappa shape index (κ3) is 4.41. The Morgan fingerprint density at radius 3 is 2.68 bits per heavy atom. The molecule has 1 saturated heterocycles. The Hall–Kier alpha value is -1.24. The summed E-state index contributed by atoms with van der Waals surface area (Å²) in [6.45, 7) is 3.66. The van der Waals surface area contributed by atoms with Crippen LogP contribution in [0.4, 0.5) is 10.5 Å². The third-order valence-corrected chi connectivity index (χ3v) is 3.82. The van der Waals surface area contributed by atoms with Gasteiger partial charge in [0.05, 0.1) is 0 Å². The standard InChI is InChI=1S/C13H20N4OS/c1-16-6-8-17(9-7-16)15-13(18)14-11-4-3-5-12(10-11)19-2/h3-5,10H,6-9H2,1-2H3,(H2,14,15,18). The molecule has 1 heterocycles. The Morgan fingerprint density at radius 1 is 1.26 bits per heavy atom. The first-order chi connectivity index (χ1) is 9.17. The second-order valence-corrected chi connectivity index (χ2v) is 5.47. The number of urea groups is 1. The molecule has 104 valence electrons. The van der Waals surface area contributed by atoms with Crippen molar-refractivity contribution in [3.8, 4) is 0 Å². The molecule has 0 saturated carbocycles. The summed E-state index contributed by atoms with van der Waals surface area (Å²) in [6.07, 6.45) is 2.02. The lowest BCUT2D eigenvalue weighted by Crippen LogP contribution is -2.53. The van der Waals surface area contributed by atoms with Gasteiger partial charge in [-0.15, -0.1) is 11.8 Å². The number of likely N-dealkylation sites (N-methyl/N-ethyl adjacent to an activating group) is 1. The van der Waals surface area contributed by atoms with Gasteiger partial charge in [0.15, 0.2) is 0 Å². The molecule has 0 aromatic heterocycles. The SMILES string of the molecule is CSc1cccc(NC(=O)NN2CCN(C)CC2)c1. The summed E-state index contributed by atoms with van der Waals surface area (Å²) in [7, 11) is 2.09. The van der Waals surface area contributed by atoms with Gasteiger partial charge in [0.25, 0.3) is 0 Å². The van der Waals surface area contributed by atoms with Crippen LogP contribution in [0.25, 0.3) is 0 Å². The van der Waals surface area contributed by atoms with Gasteiger partial charge in [-0.2, -0.15) is 0 Å². The van der Waals surface area contributed by atoms with Crippen molar-refractivity contribution < 1.29 is 4.79 Å². The van der Waals surface area contributed by atoms with E-state index in [1.54, 1.807) is 11.8 Å². The monoisotopic (exact) mass is 280 g/mol. The molecule has 0 aliphatic carbocycles. The lowest BCUT2D eigenvalue weighted by molar-refractivity contribution is 0.116. The van der Waals surface area contributed by atoms with Gasteiger partial charge >= 0.3 is 6.03 Å². The molecule has 19 heavy (non-hydrogen) atoms. The van der Waals surface area contributed by atoms with Crippen molar-refractivity contribution in [2.75, 3.05) is 44.8 Å². The Kier molecular flexibility index (Phi) is 5.07. The van der Waals surface area contributed by atoms with Crippen LogP contribution in [-0.2, 0) is 0 Å². The zero-order valence-corrected chi connectivity index (χ0v) is 12.2. The average molecular weight is 280 g/mol. The van der Waals surface area contributed by atoms with Crippen LogP contribution in [0.1, 0.15) is 0 Å². The molecule has 0 unspecified atom stereocenters. The molecular formula is C13H20N4OS. The van der Waals surface area contributed by atoms with Gasteiger partial charge < -0.3 is 10.2 Å². The highest BCUT2D eigenvalue weighted by Gasteiger charge is 2.15. The summed E-state index contributed by atoms with van der Waals surface area (Å²) < 4.78 is 0. The van der Waals surface area contributed by atoms with E-state index in [1.807, 2.05) is 35.5 Å². The van der Waals surface area contributed by atoms with E-state index in [-0.39, 0.29) is 6.03 Å². The van der Waals surface area contributed by atoms with Crippen molar-refractivity contribution in [3.63, 3.8) is 0 Å². The second kappa shape index (κ2) is 6.79. The number of anilines is 1. The highest BCUT2D eigenvalue weighted by molar-refractivity contribution is 7.98. The smallest absolute Gasteiger partial charge is 0.307 e. The maximum atomic E-state index is 11.9. The number of amides is 2. The molecule has 0 spiro atoms. The van der Waals surface area contributed by atoms with Gasteiger partial charge in [-0.25, -0.2) is 9.80 Å². The number of hydrogen-bond acceptors (Lipinski definition) is 4. The Morgan fingerprint density at radius 2 is 2.00 bits per heavy atom. The van der Waals surface area contributed by atoms with Gasteiger partial charge in [-0.1, -0.05) is 6.07 Å². The van der Waals surface area contributed by atoms with Gasteiger partial charge in [-0.3, -0.25) is 5.43 Å². The molecule has 0 bridgehead atoms. The minimum absolute atomic E-state index is 0.178. The van der Waals surface area contributed by atoms with Gasteiger partial charge in [0.2, 0.25) is 0 Å². The predicted octanol–water partition coefficient (Wildman–Crippen LogP) is 1.69. The van der Waals surface area contributed by atoms with Crippen molar-refractivity contribution in [3.05, 3.63) is 24.3 Å². The van der Waals surface area contributed by atoms with E-state index in [1.165, 1.54) is 0 Å². The molecular weight excluding hydrogens is 260 g/mol. The summed E-state index contributed by atoms with van der Waals surface area (Å²) in [4.78, 5) is 15.3. The number of carbonyl (C=O) groups excluding carboxylic acids is 1. The largest absolute Gasteiger partial charge is 0.333 e. The zero-order chi connectivity index (χ0) is 13.7. The van der Waals surface area contributed by atoms with Crippen LogP contribution >= 0.6 is 11.8 Å². The molecule has 2 rings (SSSR count). The fraction of sp³-hybridized carbons (Fsp3) is 0.462. The van der Waals surface area contributed by atoms with E-state index in [0.717, 1.165) is 36.8 Å². The Bertz CT molecular complexity index is 432. The van der Waals surface area contributed by atoms with Crippen LogP contribution in [0.15, 0.2) is 29.2 Å². The number of nitrogens with one attached hydrogen (secondary N) is 2. The third-order valence-electron chi connectivity index (χ3n) is 3.09. The predicted molar refractivity (Wildman–Crippen MR) is 79.4 cm³/mol. The van der Waals surface area contributed by atoms with E-state index in [0.29, 0.717) is 0 Å². The van der Waals surface area contributed by atoms with Crippen LogP contribution in [0, 0.1) is 0 Å². The molecule has 6 heteroatoms. The van der Waals surface area contributed by atoms with E-state index >= 15 is 0 Å². The fourth-order valence-electron chi connectivity index (χ4n) is 1.92. The molecule has 1 fully saturated rings. The Balaban J connectivity index is 1.83. The maximum absolute atomic E-state index is 11.9. The highest BCUT2D eigenvalue weighted by Crippen LogP contribution is 2.18. The van der Waals surface area contributed by atoms with Crippen molar-refractivity contribution in [2.24, 2.45) is 0 Å². The van der Waals surface area contributed by atoms with Crippen LogP contribution < -0.4 is 10.7 Å². The molecule has 2 N–H and O–H groups in total. The average Bonchev–Trinajstić information content (AvgIpc) is 2.41. The van der Waals surface area contributed by atoms with Crippen molar-refractivity contribution in [2.45, 2.75) is 4.90 Å². The summed E-state index contributed by atoms with van der Waals surface area (Å²) >= 11 is 1.66. The molecule has 1 aliphatic heterocycles. The summed E-state index contributed by atoms with van der Waals surface area (Å²) in [5, 5.41) is 4.81. The minimum Gasteiger partial charge on any atom is -0.307 e. The number of rotatable bonds is 3. The molecule has 1 aromatic rings. The van der Waals surface area contributed by atoms with E-state index in [2.05, 4.69) is 22.7 Å². The number of hydrogen-bond donors (Lipinski definition) is 2. The van der Waals surface area contributed by atoms with E-state index in [4.69, 9.17) is 0 Å². The lowest BCUT2D eigenvalue weighted by atomic mass is 10.3. The number of nitrogens with zero attached hydrogens (tertiary/aromatic N) is 2. The lowest BCUT2D eigenvalue weighted by Gasteiger charge is -2.32. The van der Waals surface area contributed by atoms with Crippen molar-refractivity contribution in [1.82, 2.24) is 15.3 Å². The number of hydrazine groups is 1. The van der Waals surface area contributed by atoms with Crippen molar-refractivity contribution in [1.29, 1.82) is 0 Å². The topological polar surface area (TPSA) is 47.6 Å². The first kappa shape index (κ1) is 14.2. The molecule has 0 radical (unpaired) electrons. The number of thioether (sulfide) groups is 1. The van der Waals surface area contributed by atoms with E-state index < -0.39 is 0 Å². The number of benzene rings is 1. The van der Waals surface area contributed by atoms with E-state index in [9.17, 15) is 4.79 Å². The van der Waals surface area contributed by atoms with Crippen LogP contribution in [0.2, 0.25) is 0 Å². The van der Waals surface area contributed by atoms with Gasteiger partial charge in [0, 0.05) is 36.8 Å². The quantitative estimate of drug-likeness (QED) is 0.827. The summed E-state index contributed by atoms with van der Waals surface area (Å²) in [5.74, 6) is 0. The first-order valence-electron chi connectivity index (χ1n) is 6.32. The Labute approximate surface area is 118 Å². The summed E-state index contributed by atoms with van der Waals surface area (Å²) in [6, 6.07) is 7.64. The first-order valence-corrected chi connectivity index (χ1v) is 7.55. The van der Waals surface area contributed by atoms with Crippen molar-refractivity contribution >= 4 is 23.5 Å². The van der Waals surface area contributed by atoms with Gasteiger partial charge in [-0.05, 0) is 31.5 Å².